The Morgan fingerprint density at radius 2 is 0.827 bits per heavy atom. The molecule has 0 aliphatic carbocycles. The number of nitrogens with two attached hydrogens (primary N) is 3. The van der Waals surface area contributed by atoms with Gasteiger partial charge in [0, 0.05) is 40.5 Å². The summed E-state index contributed by atoms with van der Waals surface area (Å²) in [5.41, 5.74) is 42.9. The van der Waals surface area contributed by atoms with Crippen LogP contribution < -0.4 is 17.2 Å². The Balaban J connectivity index is 0.000000155. The number of nitrogens with zero attached hydrogens (tertiary/aromatic N) is 5. The standard InChI is InChI=1S/C48H28N4.C42H38N4/c1-3-31-11-12-33-15-20-39(40-21-16-32(4-1)45(31)46(33)40)29-7-9-30(10-8-29)41-22-17-34-13-14-35-18-23-42(52-48(35)47(34)51-41)38-6-2-5-36(27-38)37-19-24-43-44(28-37)50-26-25-49-43;1-2-46-40-24-23-38(28-39(40)43)35-18-8-12-30(26-35)10-6-16-33-21-20-32(41(44)42(33)45)15-5-9-29-11-7-17-34(25-29)37-22-19-31-13-3-4-14-36(31)27-37/h1-28H;2-8,11-28H,9-10,43-45H2,1H3/b;15-5-,16-6-,46-2?. The van der Waals surface area contributed by atoms with E-state index in [0.717, 1.165) is 107 Å². The molecule has 98 heavy (non-hydrogen) atoms. The van der Waals surface area contributed by atoms with Gasteiger partial charge in [-0.2, -0.15) is 0 Å². The van der Waals surface area contributed by atoms with Gasteiger partial charge < -0.3 is 17.2 Å². The summed E-state index contributed by atoms with van der Waals surface area (Å²) in [6.45, 7) is 1.88. The van der Waals surface area contributed by atoms with Crippen LogP contribution in [0, 0.1) is 0 Å². The highest BCUT2D eigenvalue weighted by molar-refractivity contribution is 6.25. The van der Waals surface area contributed by atoms with Crippen LogP contribution in [0.15, 0.2) is 309 Å². The molecule has 0 aliphatic rings. The third kappa shape index (κ3) is 12.0. The molecular formula is C90H66N8. The third-order valence-corrected chi connectivity index (χ3v) is 18.7. The van der Waals surface area contributed by atoms with Crippen molar-refractivity contribution in [3.05, 3.63) is 326 Å². The van der Waals surface area contributed by atoms with Crippen LogP contribution in [0.25, 0.3) is 155 Å². The maximum absolute atomic E-state index is 6.49. The first-order valence-electron chi connectivity index (χ1n) is 33.1. The van der Waals surface area contributed by atoms with E-state index in [-0.39, 0.29) is 0 Å². The number of aliphatic imine (C=N–C) groups is 1. The second-order valence-corrected chi connectivity index (χ2v) is 24.9. The topological polar surface area (TPSA) is 142 Å². The maximum Gasteiger partial charge on any atom is 0.0972 e. The van der Waals surface area contributed by atoms with E-state index in [1.165, 1.54) is 76.5 Å². The minimum absolute atomic E-state index is 0.593. The molecule has 0 radical (unpaired) electrons. The van der Waals surface area contributed by atoms with Gasteiger partial charge in [-0.1, -0.05) is 255 Å². The summed E-state index contributed by atoms with van der Waals surface area (Å²) >= 11 is 0. The molecule has 3 aromatic heterocycles. The molecule has 466 valence electrons. The van der Waals surface area contributed by atoms with Gasteiger partial charge in [-0.05, 0) is 178 Å². The first-order chi connectivity index (χ1) is 48.2. The van der Waals surface area contributed by atoms with Crippen LogP contribution in [0.3, 0.4) is 0 Å². The van der Waals surface area contributed by atoms with E-state index in [1.807, 2.05) is 43.3 Å². The average Bonchev–Trinajstić information content (AvgIpc) is 0.739. The van der Waals surface area contributed by atoms with Gasteiger partial charge in [-0.3, -0.25) is 15.0 Å². The lowest BCUT2D eigenvalue weighted by Crippen LogP contribution is -1.99. The van der Waals surface area contributed by atoms with Crippen LogP contribution in [0.1, 0.15) is 29.2 Å². The molecule has 0 saturated heterocycles. The molecule has 8 nitrogen and oxygen atoms in total. The zero-order chi connectivity index (χ0) is 66.1. The number of allylic oxidation sites excluding steroid dienone is 2. The number of hydrogen-bond donors (Lipinski definition) is 3. The number of anilines is 3. The van der Waals surface area contributed by atoms with Crippen molar-refractivity contribution < 1.29 is 0 Å². The third-order valence-electron chi connectivity index (χ3n) is 18.7. The van der Waals surface area contributed by atoms with E-state index in [2.05, 4.69) is 282 Å². The molecule has 3 heterocycles. The summed E-state index contributed by atoms with van der Waals surface area (Å²) in [6.07, 6.45) is 15.1. The summed E-state index contributed by atoms with van der Waals surface area (Å²) in [5, 5.41) is 12.4. The smallest absolute Gasteiger partial charge is 0.0972 e. The zero-order valence-electron chi connectivity index (χ0n) is 54.0. The van der Waals surface area contributed by atoms with E-state index in [1.54, 1.807) is 18.6 Å². The molecular weight excluding hydrogens is 1190 g/mol. The molecule has 0 aliphatic heterocycles. The fourth-order valence-electron chi connectivity index (χ4n) is 13.6. The number of rotatable bonds is 13. The van der Waals surface area contributed by atoms with Gasteiger partial charge in [-0.25, -0.2) is 9.97 Å². The summed E-state index contributed by atoms with van der Waals surface area (Å²) in [4.78, 5) is 23.7. The quantitative estimate of drug-likeness (QED) is 0.0593. The Morgan fingerprint density at radius 1 is 0.347 bits per heavy atom. The predicted octanol–water partition coefficient (Wildman–Crippen LogP) is 22.4. The molecule has 17 aromatic rings. The van der Waals surface area contributed by atoms with E-state index in [9.17, 15) is 0 Å². The van der Waals surface area contributed by atoms with Crippen molar-refractivity contribution in [2.75, 3.05) is 17.2 Å². The molecule has 8 heteroatoms. The Hall–Kier alpha value is -12.9. The number of fused-ring (bicyclic) bond motifs is 5. The molecule has 0 fully saturated rings. The lowest BCUT2D eigenvalue weighted by Gasteiger charge is -2.14. The lowest BCUT2D eigenvalue weighted by molar-refractivity contribution is 1.28. The molecule has 0 saturated carbocycles. The maximum atomic E-state index is 6.49. The van der Waals surface area contributed by atoms with Crippen molar-refractivity contribution in [3.8, 4) is 67.0 Å². The minimum atomic E-state index is 0.593. The number of hydrogen-bond acceptors (Lipinski definition) is 8. The van der Waals surface area contributed by atoms with Crippen LogP contribution in [-0.2, 0) is 12.8 Å². The van der Waals surface area contributed by atoms with Crippen molar-refractivity contribution in [1.82, 2.24) is 19.9 Å². The van der Waals surface area contributed by atoms with Crippen molar-refractivity contribution in [3.63, 3.8) is 0 Å². The Bertz CT molecular complexity index is 5990. The van der Waals surface area contributed by atoms with Crippen LogP contribution in [0.4, 0.5) is 22.7 Å². The highest BCUT2D eigenvalue weighted by atomic mass is 14.8. The Labute approximate surface area is 568 Å². The SMILES string of the molecule is CC=Nc1ccc(-c2cccc(C/C=C\c3ccc(/C=C\Cc4cccc(-c5ccc6ccccc6c5)c4)c(N)c3N)c2)cc1N.c1cc(-c2ccc3nccnc3c2)cc(-c2ccc3ccc4ccc(-c5ccc(-c6ccc7ccc8cccc9ccc6c7c89)cc5)nc4c3n2)c1. The van der Waals surface area contributed by atoms with E-state index < -0.39 is 0 Å². The summed E-state index contributed by atoms with van der Waals surface area (Å²) in [6, 6.07) is 98.7. The largest absolute Gasteiger partial charge is 0.397 e. The molecule has 0 atom stereocenters. The van der Waals surface area contributed by atoms with Crippen molar-refractivity contribution in [2.24, 2.45) is 4.99 Å². The fraction of sp³-hybridized carbons (Fsp3) is 0.0333. The Kier molecular flexibility index (Phi) is 16.0. The predicted molar refractivity (Wildman–Crippen MR) is 416 cm³/mol. The highest BCUT2D eigenvalue weighted by Crippen LogP contribution is 2.41. The highest BCUT2D eigenvalue weighted by Gasteiger charge is 2.15. The van der Waals surface area contributed by atoms with E-state index in [0.29, 0.717) is 17.1 Å². The van der Waals surface area contributed by atoms with Gasteiger partial charge >= 0.3 is 0 Å². The van der Waals surface area contributed by atoms with Gasteiger partial charge in [0.15, 0.2) is 0 Å². The fourth-order valence-corrected chi connectivity index (χ4v) is 13.6. The van der Waals surface area contributed by atoms with Crippen molar-refractivity contribution in [1.29, 1.82) is 0 Å². The number of aromatic nitrogens is 4. The zero-order valence-corrected chi connectivity index (χ0v) is 54.0. The first kappa shape index (κ1) is 60.1. The minimum Gasteiger partial charge on any atom is -0.397 e. The molecule has 0 bridgehead atoms. The second-order valence-electron chi connectivity index (χ2n) is 24.9. The summed E-state index contributed by atoms with van der Waals surface area (Å²) in [5.74, 6) is 0. The van der Waals surface area contributed by atoms with Crippen LogP contribution in [0.2, 0.25) is 0 Å². The normalized spacial score (nSPS) is 11.8. The lowest BCUT2D eigenvalue weighted by atomic mass is 9.89. The van der Waals surface area contributed by atoms with E-state index in [4.69, 9.17) is 27.2 Å². The summed E-state index contributed by atoms with van der Waals surface area (Å²) in [7, 11) is 0. The molecule has 0 unspecified atom stereocenters. The number of nitrogen functional groups attached to an aromatic ring is 3. The van der Waals surface area contributed by atoms with Gasteiger partial charge in [-0.15, -0.1) is 0 Å². The van der Waals surface area contributed by atoms with Gasteiger partial charge in [0.25, 0.3) is 0 Å². The van der Waals surface area contributed by atoms with Gasteiger partial charge in [0.2, 0.25) is 0 Å². The molecule has 0 amide bonds. The van der Waals surface area contributed by atoms with Crippen LogP contribution in [-0.4, -0.2) is 26.2 Å². The average molecular weight is 1260 g/mol. The van der Waals surface area contributed by atoms with Crippen LogP contribution >= 0.6 is 0 Å². The molecule has 17 rings (SSSR count). The van der Waals surface area contributed by atoms with Gasteiger partial charge in [0.05, 0.1) is 56.2 Å². The van der Waals surface area contributed by atoms with E-state index >= 15 is 0 Å². The summed E-state index contributed by atoms with van der Waals surface area (Å²) < 4.78 is 0. The second kappa shape index (κ2) is 26.1. The molecule has 14 aromatic carbocycles. The molecule has 6 N–H and O–H groups in total. The first-order valence-corrected chi connectivity index (χ1v) is 33.1. The monoisotopic (exact) mass is 1260 g/mol. The number of pyridine rings is 2. The van der Waals surface area contributed by atoms with Gasteiger partial charge in [0.1, 0.15) is 0 Å². The molecule has 0 spiro atoms. The van der Waals surface area contributed by atoms with Crippen molar-refractivity contribution in [2.45, 2.75) is 19.8 Å². The van der Waals surface area contributed by atoms with Crippen molar-refractivity contribution >= 4 is 117 Å². The Morgan fingerprint density at radius 3 is 1.50 bits per heavy atom. The van der Waals surface area contributed by atoms with Crippen LogP contribution in [0.5, 0.6) is 0 Å². The number of benzene rings is 14.